The molecule has 2 aromatic rings. The van der Waals surface area contributed by atoms with Crippen LogP contribution in [-0.4, -0.2) is 27.7 Å². The maximum atomic E-state index is 11.9. The van der Waals surface area contributed by atoms with E-state index in [0.717, 1.165) is 31.4 Å². The lowest BCUT2D eigenvalue weighted by Crippen LogP contribution is -2.37. The Kier molecular flexibility index (Phi) is 4.97. The number of anilines is 1. The number of nitrogens with zero attached hydrogens (tertiary/aromatic N) is 2. The van der Waals surface area contributed by atoms with Gasteiger partial charge in [0, 0.05) is 24.3 Å². The minimum Gasteiger partial charge on any atom is -0.383 e. The molecule has 1 saturated carbocycles. The highest BCUT2D eigenvalue weighted by molar-refractivity contribution is 5.36. The highest BCUT2D eigenvalue weighted by atomic mass is 16.1. The van der Waals surface area contributed by atoms with Crippen LogP contribution in [0.1, 0.15) is 31.7 Å². The quantitative estimate of drug-likeness (QED) is 0.767. The molecular weight excluding hydrogens is 302 g/mol. The molecule has 1 aliphatic carbocycles. The van der Waals surface area contributed by atoms with Gasteiger partial charge in [0.25, 0.3) is 0 Å². The summed E-state index contributed by atoms with van der Waals surface area (Å²) >= 11 is 0. The van der Waals surface area contributed by atoms with Crippen molar-refractivity contribution in [2.75, 3.05) is 5.73 Å². The van der Waals surface area contributed by atoms with Gasteiger partial charge in [-0.25, -0.2) is 4.79 Å². The van der Waals surface area contributed by atoms with Crippen molar-refractivity contribution in [3.05, 3.63) is 52.6 Å². The molecule has 24 heavy (non-hydrogen) atoms. The van der Waals surface area contributed by atoms with Crippen molar-refractivity contribution in [1.29, 1.82) is 0 Å². The molecule has 0 aliphatic heterocycles. The van der Waals surface area contributed by atoms with Crippen molar-refractivity contribution >= 4 is 5.82 Å². The number of hydrogen-bond donors (Lipinski definition) is 3. The van der Waals surface area contributed by atoms with Crippen LogP contribution in [0.4, 0.5) is 5.82 Å². The Balaban J connectivity index is 1.63. The van der Waals surface area contributed by atoms with Crippen molar-refractivity contribution in [2.24, 2.45) is 5.73 Å². The zero-order chi connectivity index (χ0) is 17.1. The predicted octanol–water partition coefficient (Wildman–Crippen LogP) is 1.22. The van der Waals surface area contributed by atoms with Gasteiger partial charge in [-0.2, -0.15) is 4.98 Å². The Morgan fingerprint density at radius 1 is 1.29 bits per heavy atom. The largest absolute Gasteiger partial charge is 0.383 e. The maximum absolute atomic E-state index is 11.9. The summed E-state index contributed by atoms with van der Waals surface area (Å²) in [6, 6.07) is 10.9. The Morgan fingerprint density at radius 2 is 2.04 bits per heavy atom. The second kappa shape index (κ2) is 7.15. The molecule has 1 heterocycles. The van der Waals surface area contributed by atoms with Gasteiger partial charge < -0.3 is 16.8 Å². The summed E-state index contributed by atoms with van der Waals surface area (Å²) in [5, 5.41) is 3.66. The molecule has 0 saturated heterocycles. The van der Waals surface area contributed by atoms with Gasteiger partial charge in [-0.3, -0.25) is 4.57 Å². The Hall–Kier alpha value is -2.18. The van der Waals surface area contributed by atoms with Crippen LogP contribution in [0.15, 0.2) is 41.3 Å². The number of nitrogens with one attached hydrogen (secondary N) is 1. The molecule has 0 bridgehead atoms. The van der Waals surface area contributed by atoms with Crippen molar-refractivity contribution < 1.29 is 0 Å². The summed E-state index contributed by atoms with van der Waals surface area (Å²) in [6.45, 7) is 2.20. The van der Waals surface area contributed by atoms with E-state index in [1.165, 1.54) is 10.1 Å². The van der Waals surface area contributed by atoms with Crippen LogP contribution >= 0.6 is 0 Å². The topological polar surface area (TPSA) is 99.0 Å². The standard InChI is InChI=1S/C18H25N5O/c1-12(21-15-5-4-14(19)11-15)10-13-2-6-16(7-3-13)23-9-8-17(20)22-18(23)24/h2-3,6-9,12,14-15,21H,4-5,10-11,19H2,1H3,(H2,20,22,24)/t12?,14-,15?/m0/s1. The lowest BCUT2D eigenvalue weighted by atomic mass is 10.1. The fourth-order valence-corrected chi connectivity index (χ4v) is 3.39. The van der Waals surface area contributed by atoms with Gasteiger partial charge in [0.1, 0.15) is 5.82 Å². The van der Waals surface area contributed by atoms with Gasteiger partial charge in [-0.05, 0) is 56.4 Å². The molecule has 1 aromatic heterocycles. The normalized spacial score (nSPS) is 21.8. The molecule has 3 atom stereocenters. The zero-order valence-corrected chi connectivity index (χ0v) is 14.0. The van der Waals surface area contributed by atoms with Gasteiger partial charge in [-0.1, -0.05) is 12.1 Å². The molecule has 0 spiro atoms. The van der Waals surface area contributed by atoms with E-state index in [2.05, 4.69) is 29.4 Å². The average molecular weight is 327 g/mol. The Bertz CT molecular complexity index is 740. The van der Waals surface area contributed by atoms with E-state index in [1.807, 2.05) is 12.1 Å². The minimum absolute atomic E-state index is 0.236. The summed E-state index contributed by atoms with van der Waals surface area (Å²) in [5.74, 6) is 0.236. The molecule has 2 unspecified atom stereocenters. The molecule has 5 N–H and O–H groups in total. The number of nitrogen functional groups attached to an aromatic ring is 1. The molecule has 1 fully saturated rings. The molecular formula is C18H25N5O. The molecule has 0 radical (unpaired) electrons. The fraction of sp³-hybridized carbons (Fsp3) is 0.444. The van der Waals surface area contributed by atoms with Crippen molar-refractivity contribution in [1.82, 2.24) is 14.9 Å². The monoisotopic (exact) mass is 327 g/mol. The number of benzene rings is 1. The first-order valence-corrected chi connectivity index (χ1v) is 8.47. The first-order chi connectivity index (χ1) is 11.5. The van der Waals surface area contributed by atoms with E-state index < -0.39 is 0 Å². The highest BCUT2D eigenvalue weighted by Crippen LogP contribution is 2.18. The molecule has 0 amide bonds. The summed E-state index contributed by atoms with van der Waals surface area (Å²) in [7, 11) is 0. The van der Waals surface area contributed by atoms with Crippen molar-refractivity contribution in [2.45, 2.75) is 50.7 Å². The molecule has 6 heteroatoms. The number of aromatic nitrogens is 2. The van der Waals surface area contributed by atoms with Crippen LogP contribution in [0.25, 0.3) is 5.69 Å². The van der Waals surface area contributed by atoms with E-state index in [9.17, 15) is 4.79 Å². The second-order valence-corrected chi connectivity index (χ2v) is 6.71. The van der Waals surface area contributed by atoms with E-state index in [4.69, 9.17) is 11.5 Å². The van der Waals surface area contributed by atoms with Gasteiger partial charge in [0.15, 0.2) is 0 Å². The summed E-state index contributed by atoms with van der Waals surface area (Å²) < 4.78 is 1.49. The van der Waals surface area contributed by atoms with Gasteiger partial charge in [0.2, 0.25) is 0 Å². The van der Waals surface area contributed by atoms with Gasteiger partial charge in [-0.15, -0.1) is 0 Å². The van der Waals surface area contributed by atoms with E-state index in [-0.39, 0.29) is 11.5 Å². The number of hydrogen-bond acceptors (Lipinski definition) is 5. The van der Waals surface area contributed by atoms with E-state index >= 15 is 0 Å². The Morgan fingerprint density at radius 3 is 2.67 bits per heavy atom. The third kappa shape index (κ3) is 4.01. The van der Waals surface area contributed by atoms with Crippen LogP contribution in [0.2, 0.25) is 0 Å². The zero-order valence-electron chi connectivity index (χ0n) is 14.0. The first-order valence-electron chi connectivity index (χ1n) is 8.47. The summed E-state index contributed by atoms with van der Waals surface area (Å²) in [6.07, 6.45) is 5.94. The van der Waals surface area contributed by atoms with Crippen molar-refractivity contribution in [3.63, 3.8) is 0 Å². The predicted molar refractivity (Wildman–Crippen MR) is 96.2 cm³/mol. The third-order valence-corrected chi connectivity index (χ3v) is 4.57. The highest BCUT2D eigenvalue weighted by Gasteiger charge is 2.22. The summed E-state index contributed by atoms with van der Waals surface area (Å²) in [5.41, 5.74) is 13.1. The minimum atomic E-state index is -0.365. The Labute approximate surface area is 141 Å². The molecule has 128 valence electrons. The third-order valence-electron chi connectivity index (χ3n) is 4.57. The van der Waals surface area contributed by atoms with Gasteiger partial charge in [0.05, 0.1) is 5.69 Å². The van der Waals surface area contributed by atoms with Crippen LogP contribution in [0.5, 0.6) is 0 Å². The smallest absolute Gasteiger partial charge is 0.354 e. The maximum Gasteiger partial charge on any atom is 0.354 e. The molecule has 3 rings (SSSR count). The lowest BCUT2D eigenvalue weighted by molar-refractivity contribution is 0.444. The average Bonchev–Trinajstić information content (AvgIpc) is 2.93. The van der Waals surface area contributed by atoms with E-state index in [1.54, 1.807) is 12.3 Å². The molecule has 1 aromatic carbocycles. The molecule has 1 aliphatic rings. The number of nitrogens with two attached hydrogens (primary N) is 2. The van der Waals surface area contributed by atoms with Crippen LogP contribution in [-0.2, 0) is 6.42 Å². The fourth-order valence-electron chi connectivity index (χ4n) is 3.39. The van der Waals surface area contributed by atoms with Crippen LogP contribution in [0, 0.1) is 0 Å². The van der Waals surface area contributed by atoms with Crippen LogP contribution < -0.4 is 22.5 Å². The SMILES string of the molecule is CC(Cc1ccc(-n2ccc(N)nc2=O)cc1)NC1CC[C@H](N)C1. The van der Waals surface area contributed by atoms with E-state index in [0.29, 0.717) is 18.1 Å². The van der Waals surface area contributed by atoms with Gasteiger partial charge >= 0.3 is 5.69 Å². The second-order valence-electron chi connectivity index (χ2n) is 6.71. The van der Waals surface area contributed by atoms with Crippen LogP contribution in [0.3, 0.4) is 0 Å². The van der Waals surface area contributed by atoms with Crippen molar-refractivity contribution in [3.8, 4) is 5.69 Å². The lowest BCUT2D eigenvalue weighted by Gasteiger charge is -2.19. The first kappa shape index (κ1) is 16.7. The summed E-state index contributed by atoms with van der Waals surface area (Å²) in [4.78, 5) is 15.6. The number of rotatable bonds is 5. The molecule has 6 nitrogen and oxygen atoms in total.